The standard InChI is InChI=1S/C40H64BrN/c1-3-29-22-31(26-33(23-29)20-21-38(41)35-12-6-5-7-13-35)18-19-32-24-30(4-2)25-34(27-32)28-42-39-16-10-8-14-36(39)37-15-9-11-17-40(37)42/h3-4,18-19,29-40H,1-2,5-17,20-28H2/b19-18-. The van der Waals surface area contributed by atoms with E-state index in [0.29, 0.717) is 11.8 Å². The number of rotatable bonds is 10. The fourth-order valence-corrected chi connectivity index (χ4v) is 12.3. The molecule has 5 aliphatic carbocycles. The zero-order valence-electron chi connectivity index (χ0n) is 27.0. The SMILES string of the molecule is C=CC1CC(/C=C\C2CC(C=C)CC(CN3C4CCCCC4C4CCCCC43)C2)CC(CCC(Br)C2CCCCC2)C1. The van der Waals surface area contributed by atoms with Crippen molar-refractivity contribution in [2.24, 2.45) is 53.3 Å². The van der Waals surface area contributed by atoms with Gasteiger partial charge in [0.15, 0.2) is 0 Å². The van der Waals surface area contributed by atoms with Gasteiger partial charge in [-0.25, -0.2) is 0 Å². The fraction of sp³-hybridized carbons (Fsp3) is 0.850. The molecule has 1 heterocycles. The van der Waals surface area contributed by atoms with Crippen molar-refractivity contribution in [2.45, 2.75) is 152 Å². The minimum atomic E-state index is 0.709. The molecule has 42 heavy (non-hydrogen) atoms. The third-order valence-corrected chi connectivity index (χ3v) is 14.7. The third kappa shape index (κ3) is 7.71. The summed E-state index contributed by atoms with van der Waals surface area (Å²) in [5.41, 5.74) is 0. The Morgan fingerprint density at radius 2 is 1.10 bits per heavy atom. The molecule has 0 spiro atoms. The lowest BCUT2D eigenvalue weighted by atomic mass is 9.71. The number of allylic oxidation sites excluding steroid dienone is 4. The van der Waals surface area contributed by atoms with Gasteiger partial charge in [-0.05, 0) is 143 Å². The molecule has 0 aromatic carbocycles. The second kappa shape index (κ2) is 15.3. The van der Waals surface area contributed by atoms with E-state index < -0.39 is 0 Å². The highest BCUT2D eigenvalue weighted by Gasteiger charge is 2.50. The summed E-state index contributed by atoms with van der Waals surface area (Å²) in [7, 11) is 0. The molecule has 0 radical (unpaired) electrons. The van der Waals surface area contributed by atoms with Crippen LogP contribution in [0, 0.1) is 53.3 Å². The van der Waals surface area contributed by atoms with E-state index in [1.165, 1.54) is 141 Å². The van der Waals surface area contributed by atoms with Crippen LogP contribution in [-0.2, 0) is 0 Å². The molecule has 0 bridgehead atoms. The molecule has 11 unspecified atom stereocenters. The maximum atomic E-state index is 4.31. The van der Waals surface area contributed by atoms with Crippen LogP contribution in [0.3, 0.4) is 0 Å². The summed E-state index contributed by atoms with van der Waals surface area (Å²) in [5.74, 6) is 7.64. The lowest BCUT2D eigenvalue weighted by Gasteiger charge is -2.40. The summed E-state index contributed by atoms with van der Waals surface area (Å²) in [6.07, 6.45) is 40.3. The van der Waals surface area contributed by atoms with Crippen molar-refractivity contribution < 1.29 is 0 Å². The van der Waals surface area contributed by atoms with E-state index in [0.717, 1.165) is 58.3 Å². The van der Waals surface area contributed by atoms with Crippen molar-refractivity contribution in [2.75, 3.05) is 6.54 Å². The highest BCUT2D eigenvalue weighted by atomic mass is 79.9. The van der Waals surface area contributed by atoms with Gasteiger partial charge >= 0.3 is 0 Å². The summed E-state index contributed by atoms with van der Waals surface area (Å²) < 4.78 is 0. The molecular formula is C40H64BrN. The van der Waals surface area contributed by atoms with Crippen LogP contribution in [0.1, 0.15) is 135 Å². The first-order valence-electron chi connectivity index (χ1n) is 18.9. The van der Waals surface area contributed by atoms with Gasteiger partial charge in [0.25, 0.3) is 0 Å². The summed E-state index contributed by atoms with van der Waals surface area (Å²) in [4.78, 5) is 3.87. The van der Waals surface area contributed by atoms with Crippen molar-refractivity contribution in [1.82, 2.24) is 4.90 Å². The summed E-state index contributed by atoms with van der Waals surface area (Å²) >= 11 is 4.14. The number of fused-ring (bicyclic) bond motifs is 3. The summed E-state index contributed by atoms with van der Waals surface area (Å²) in [5, 5.41) is 0. The van der Waals surface area contributed by atoms with Gasteiger partial charge < -0.3 is 0 Å². The molecule has 5 saturated carbocycles. The van der Waals surface area contributed by atoms with Gasteiger partial charge in [0.1, 0.15) is 0 Å². The first-order valence-corrected chi connectivity index (χ1v) is 19.9. The highest BCUT2D eigenvalue weighted by Crippen LogP contribution is 2.50. The van der Waals surface area contributed by atoms with Crippen molar-refractivity contribution in [3.63, 3.8) is 0 Å². The smallest absolute Gasteiger partial charge is 0.0174 e. The first kappa shape index (κ1) is 31.6. The number of alkyl halides is 1. The Morgan fingerprint density at radius 1 is 0.595 bits per heavy atom. The minimum absolute atomic E-state index is 0.709. The lowest BCUT2D eigenvalue weighted by Crippen LogP contribution is -2.43. The molecule has 0 aromatic heterocycles. The number of nitrogens with zero attached hydrogens (tertiary/aromatic N) is 1. The number of likely N-dealkylation sites (tertiary alicyclic amines) is 1. The Morgan fingerprint density at radius 3 is 1.69 bits per heavy atom. The fourth-order valence-electron chi connectivity index (χ4n) is 11.5. The molecule has 2 heteroatoms. The van der Waals surface area contributed by atoms with Crippen molar-refractivity contribution >= 4 is 15.9 Å². The highest BCUT2D eigenvalue weighted by molar-refractivity contribution is 9.09. The van der Waals surface area contributed by atoms with Crippen LogP contribution in [0.5, 0.6) is 0 Å². The van der Waals surface area contributed by atoms with E-state index in [2.05, 4.69) is 58.3 Å². The molecular weight excluding hydrogens is 574 g/mol. The molecule has 6 fully saturated rings. The van der Waals surface area contributed by atoms with Crippen LogP contribution in [0.25, 0.3) is 0 Å². The monoisotopic (exact) mass is 637 g/mol. The Bertz CT molecular complexity index is 866. The molecule has 1 saturated heterocycles. The molecule has 236 valence electrons. The van der Waals surface area contributed by atoms with Crippen LogP contribution >= 0.6 is 15.9 Å². The molecule has 11 atom stereocenters. The van der Waals surface area contributed by atoms with E-state index in [9.17, 15) is 0 Å². The van der Waals surface area contributed by atoms with Gasteiger partial charge in [0, 0.05) is 23.5 Å². The van der Waals surface area contributed by atoms with Crippen molar-refractivity contribution in [3.05, 3.63) is 37.5 Å². The van der Waals surface area contributed by atoms with Gasteiger partial charge in [-0.1, -0.05) is 85.2 Å². The maximum absolute atomic E-state index is 4.31. The second-order valence-electron chi connectivity index (χ2n) is 16.3. The summed E-state index contributed by atoms with van der Waals surface area (Å²) in [6, 6.07) is 1.83. The largest absolute Gasteiger partial charge is 0.297 e. The molecule has 6 rings (SSSR count). The number of hydrogen-bond donors (Lipinski definition) is 0. The zero-order chi connectivity index (χ0) is 28.9. The van der Waals surface area contributed by atoms with Gasteiger partial charge in [0.2, 0.25) is 0 Å². The van der Waals surface area contributed by atoms with Crippen LogP contribution in [-0.4, -0.2) is 28.4 Å². The van der Waals surface area contributed by atoms with Crippen LogP contribution in [0.2, 0.25) is 0 Å². The van der Waals surface area contributed by atoms with Gasteiger partial charge in [-0.15, -0.1) is 13.2 Å². The molecule has 0 aromatic rings. The zero-order valence-corrected chi connectivity index (χ0v) is 28.6. The van der Waals surface area contributed by atoms with Crippen molar-refractivity contribution in [3.8, 4) is 0 Å². The van der Waals surface area contributed by atoms with Gasteiger partial charge in [-0.3, -0.25) is 4.90 Å². The van der Waals surface area contributed by atoms with E-state index in [1.54, 1.807) is 0 Å². The molecule has 1 nitrogen and oxygen atoms in total. The first-order chi connectivity index (χ1) is 20.6. The number of halogens is 1. The van der Waals surface area contributed by atoms with Gasteiger partial charge in [-0.2, -0.15) is 0 Å². The quantitative estimate of drug-likeness (QED) is 0.170. The van der Waals surface area contributed by atoms with Crippen LogP contribution in [0.4, 0.5) is 0 Å². The van der Waals surface area contributed by atoms with Gasteiger partial charge in [0.05, 0.1) is 0 Å². The summed E-state index contributed by atoms with van der Waals surface area (Å²) in [6.45, 7) is 9.96. The Balaban J connectivity index is 1.05. The Labute approximate surface area is 268 Å². The van der Waals surface area contributed by atoms with E-state index in [-0.39, 0.29) is 0 Å². The van der Waals surface area contributed by atoms with Crippen LogP contribution < -0.4 is 0 Å². The average molecular weight is 639 g/mol. The molecule has 1 aliphatic heterocycles. The number of hydrogen-bond acceptors (Lipinski definition) is 1. The van der Waals surface area contributed by atoms with E-state index >= 15 is 0 Å². The lowest BCUT2D eigenvalue weighted by molar-refractivity contribution is 0.0934. The molecule has 0 amide bonds. The second-order valence-corrected chi connectivity index (χ2v) is 17.4. The maximum Gasteiger partial charge on any atom is 0.0174 e. The Kier molecular flexibility index (Phi) is 11.5. The predicted molar refractivity (Wildman–Crippen MR) is 185 cm³/mol. The predicted octanol–water partition coefficient (Wildman–Crippen LogP) is 11.5. The Hall–Kier alpha value is -0.340. The van der Waals surface area contributed by atoms with Crippen molar-refractivity contribution in [1.29, 1.82) is 0 Å². The molecule has 6 aliphatic rings. The van der Waals surface area contributed by atoms with E-state index in [1.807, 2.05) is 0 Å². The minimum Gasteiger partial charge on any atom is -0.297 e. The normalized spacial score (nSPS) is 42.6. The topological polar surface area (TPSA) is 3.24 Å². The molecule has 0 N–H and O–H groups in total. The van der Waals surface area contributed by atoms with E-state index in [4.69, 9.17) is 0 Å². The third-order valence-electron chi connectivity index (χ3n) is 13.5. The van der Waals surface area contributed by atoms with Crippen LogP contribution in [0.15, 0.2) is 37.5 Å². The average Bonchev–Trinajstić information content (AvgIpc) is 3.36.